The van der Waals surface area contributed by atoms with Gasteiger partial charge in [-0.2, -0.15) is 0 Å². The molecule has 2 heterocycles. The number of carbonyl (C=O) groups excluding carboxylic acids is 1. The molecule has 3 rings (SSSR count). The van der Waals surface area contributed by atoms with E-state index in [0.717, 1.165) is 47.8 Å². The van der Waals surface area contributed by atoms with Gasteiger partial charge in [0.05, 0.1) is 10.6 Å². The number of aldehydes is 1. The molecule has 1 atom stereocenters. The second-order valence-electron chi connectivity index (χ2n) is 5.72. The number of nitrogens with zero attached hydrogens (tertiary/aromatic N) is 2. The normalized spacial score (nSPS) is 17.6. The van der Waals surface area contributed by atoms with E-state index in [1.807, 2.05) is 0 Å². The molecule has 0 bridgehead atoms. The number of hydrogen-bond donors (Lipinski definition) is 0. The SMILES string of the molecule is CCCc1nc(N2CC(C)Cc3ccccc32)sc1C=O. The third-order valence-electron chi connectivity index (χ3n) is 3.89. The zero-order valence-corrected chi connectivity index (χ0v) is 13.3. The lowest BCUT2D eigenvalue weighted by Gasteiger charge is -2.32. The Bertz CT molecular complexity index is 650. The Morgan fingerprint density at radius 3 is 3.00 bits per heavy atom. The van der Waals surface area contributed by atoms with Gasteiger partial charge < -0.3 is 4.90 Å². The Labute approximate surface area is 129 Å². The molecule has 0 saturated heterocycles. The number of aryl methyl sites for hydroxylation is 1. The van der Waals surface area contributed by atoms with E-state index >= 15 is 0 Å². The van der Waals surface area contributed by atoms with Crippen molar-refractivity contribution >= 4 is 28.4 Å². The van der Waals surface area contributed by atoms with E-state index in [-0.39, 0.29) is 0 Å². The van der Waals surface area contributed by atoms with Crippen molar-refractivity contribution in [3.05, 3.63) is 40.4 Å². The Morgan fingerprint density at radius 1 is 1.43 bits per heavy atom. The van der Waals surface area contributed by atoms with Gasteiger partial charge in [-0.1, -0.05) is 49.8 Å². The van der Waals surface area contributed by atoms with Gasteiger partial charge in [0.15, 0.2) is 11.4 Å². The van der Waals surface area contributed by atoms with E-state index in [0.29, 0.717) is 5.92 Å². The maximum atomic E-state index is 11.3. The number of carbonyl (C=O) groups is 1. The van der Waals surface area contributed by atoms with Crippen molar-refractivity contribution in [1.29, 1.82) is 0 Å². The fourth-order valence-corrected chi connectivity index (χ4v) is 3.90. The van der Waals surface area contributed by atoms with Crippen LogP contribution in [0.2, 0.25) is 0 Å². The maximum Gasteiger partial charge on any atom is 0.190 e. The van der Waals surface area contributed by atoms with Gasteiger partial charge in [0.1, 0.15) is 0 Å². The molecule has 0 amide bonds. The highest BCUT2D eigenvalue weighted by Crippen LogP contribution is 2.38. The first-order valence-electron chi connectivity index (χ1n) is 7.53. The van der Waals surface area contributed by atoms with Gasteiger partial charge in [-0.15, -0.1) is 0 Å². The fraction of sp³-hybridized carbons (Fsp3) is 0.412. The number of benzene rings is 1. The van der Waals surface area contributed by atoms with Gasteiger partial charge >= 0.3 is 0 Å². The number of aromatic nitrogens is 1. The summed E-state index contributed by atoms with van der Waals surface area (Å²) < 4.78 is 0. The topological polar surface area (TPSA) is 33.2 Å². The van der Waals surface area contributed by atoms with Crippen LogP contribution in [0.5, 0.6) is 0 Å². The Hall–Kier alpha value is -1.68. The van der Waals surface area contributed by atoms with Crippen molar-refractivity contribution in [2.75, 3.05) is 11.4 Å². The summed E-state index contributed by atoms with van der Waals surface area (Å²) in [5, 5.41) is 0.958. The molecular formula is C17H20N2OS. The Balaban J connectivity index is 2.02. The monoisotopic (exact) mass is 300 g/mol. The zero-order chi connectivity index (χ0) is 14.8. The quantitative estimate of drug-likeness (QED) is 0.792. The van der Waals surface area contributed by atoms with E-state index in [9.17, 15) is 4.79 Å². The number of fused-ring (bicyclic) bond motifs is 1. The molecule has 3 nitrogen and oxygen atoms in total. The molecule has 1 aliphatic heterocycles. The minimum atomic E-state index is 0.595. The number of hydrogen-bond acceptors (Lipinski definition) is 4. The van der Waals surface area contributed by atoms with Gasteiger partial charge in [0, 0.05) is 12.2 Å². The first-order chi connectivity index (χ1) is 10.2. The molecule has 0 aliphatic carbocycles. The molecule has 1 aromatic carbocycles. The highest BCUT2D eigenvalue weighted by molar-refractivity contribution is 7.17. The van der Waals surface area contributed by atoms with Crippen LogP contribution < -0.4 is 4.90 Å². The van der Waals surface area contributed by atoms with Crippen LogP contribution >= 0.6 is 11.3 Å². The van der Waals surface area contributed by atoms with Crippen molar-refractivity contribution in [2.45, 2.75) is 33.1 Å². The van der Waals surface area contributed by atoms with Crippen LogP contribution in [0.3, 0.4) is 0 Å². The minimum absolute atomic E-state index is 0.595. The Kier molecular flexibility index (Phi) is 4.06. The third-order valence-corrected chi connectivity index (χ3v) is 4.93. The number of para-hydroxylation sites is 1. The van der Waals surface area contributed by atoms with Crippen LogP contribution in [0.25, 0.3) is 0 Å². The summed E-state index contributed by atoms with van der Waals surface area (Å²) in [5.74, 6) is 0.595. The summed E-state index contributed by atoms with van der Waals surface area (Å²) in [4.78, 5) is 19.1. The van der Waals surface area contributed by atoms with Gasteiger partial charge in [-0.25, -0.2) is 4.98 Å². The number of anilines is 2. The molecule has 0 N–H and O–H groups in total. The highest BCUT2D eigenvalue weighted by atomic mass is 32.1. The van der Waals surface area contributed by atoms with Crippen molar-refractivity contribution in [3.63, 3.8) is 0 Å². The second kappa shape index (κ2) is 5.98. The van der Waals surface area contributed by atoms with Gasteiger partial charge in [0.25, 0.3) is 0 Å². The molecular weight excluding hydrogens is 280 g/mol. The summed E-state index contributed by atoms with van der Waals surface area (Å²) in [5.41, 5.74) is 3.56. The van der Waals surface area contributed by atoms with Crippen LogP contribution in [-0.2, 0) is 12.8 Å². The van der Waals surface area contributed by atoms with E-state index in [1.165, 1.54) is 22.6 Å². The lowest BCUT2D eigenvalue weighted by molar-refractivity contribution is 0.112. The average Bonchev–Trinajstić information content (AvgIpc) is 2.89. The average molecular weight is 300 g/mol. The molecule has 0 radical (unpaired) electrons. The first-order valence-corrected chi connectivity index (χ1v) is 8.35. The molecule has 0 fully saturated rings. The van der Waals surface area contributed by atoms with Crippen LogP contribution in [-0.4, -0.2) is 17.8 Å². The summed E-state index contributed by atoms with van der Waals surface area (Å²) in [7, 11) is 0. The van der Waals surface area contributed by atoms with E-state index < -0.39 is 0 Å². The second-order valence-corrected chi connectivity index (χ2v) is 6.73. The lowest BCUT2D eigenvalue weighted by Crippen LogP contribution is -2.30. The van der Waals surface area contributed by atoms with Crippen LogP contribution in [0.1, 0.15) is 41.2 Å². The highest BCUT2D eigenvalue weighted by Gasteiger charge is 2.25. The molecule has 21 heavy (non-hydrogen) atoms. The number of thiazole rings is 1. The molecule has 0 spiro atoms. The predicted molar refractivity (Wildman–Crippen MR) is 87.8 cm³/mol. The minimum Gasteiger partial charge on any atom is -0.317 e. The maximum absolute atomic E-state index is 11.3. The number of rotatable bonds is 4. The van der Waals surface area contributed by atoms with Crippen molar-refractivity contribution in [1.82, 2.24) is 4.98 Å². The smallest absolute Gasteiger partial charge is 0.190 e. The van der Waals surface area contributed by atoms with Crippen LogP contribution in [0, 0.1) is 5.92 Å². The summed E-state index contributed by atoms with van der Waals surface area (Å²) in [6, 6.07) is 8.52. The summed E-state index contributed by atoms with van der Waals surface area (Å²) in [6.45, 7) is 5.35. The van der Waals surface area contributed by atoms with E-state index in [2.05, 4.69) is 43.0 Å². The standard InChI is InChI=1S/C17H20N2OS/c1-3-6-14-16(11-20)21-17(18-14)19-10-12(2)9-13-7-4-5-8-15(13)19/h4-5,7-8,11-12H,3,6,9-10H2,1-2H3. The Morgan fingerprint density at radius 2 is 2.24 bits per heavy atom. The summed E-state index contributed by atoms with van der Waals surface area (Å²) in [6.07, 6.45) is 3.94. The molecule has 110 valence electrons. The summed E-state index contributed by atoms with van der Waals surface area (Å²) >= 11 is 1.52. The van der Waals surface area contributed by atoms with Gasteiger partial charge in [-0.3, -0.25) is 4.79 Å². The fourth-order valence-electron chi connectivity index (χ4n) is 2.95. The molecule has 4 heteroatoms. The lowest BCUT2D eigenvalue weighted by atomic mass is 9.94. The molecule has 1 aromatic heterocycles. The van der Waals surface area contributed by atoms with Crippen molar-refractivity contribution in [3.8, 4) is 0 Å². The van der Waals surface area contributed by atoms with Gasteiger partial charge in [-0.05, 0) is 30.4 Å². The first kappa shape index (κ1) is 14.3. The van der Waals surface area contributed by atoms with Gasteiger partial charge in [0.2, 0.25) is 0 Å². The van der Waals surface area contributed by atoms with Crippen LogP contribution in [0.4, 0.5) is 10.8 Å². The molecule has 1 aliphatic rings. The molecule has 2 aromatic rings. The third kappa shape index (κ3) is 2.72. The predicted octanol–water partition coefficient (Wildman–Crippen LogP) is 4.24. The molecule has 0 saturated carbocycles. The zero-order valence-electron chi connectivity index (χ0n) is 12.5. The molecule has 1 unspecified atom stereocenters. The largest absolute Gasteiger partial charge is 0.317 e. The van der Waals surface area contributed by atoms with Crippen molar-refractivity contribution < 1.29 is 4.79 Å². The van der Waals surface area contributed by atoms with E-state index in [1.54, 1.807) is 0 Å². The van der Waals surface area contributed by atoms with Crippen LogP contribution in [0.15, 0.2) is 24.3 Å². The van der Waals surface area contributed by atoms with Crippen molar-refractivity contribution in [2.24, 2.45) is 5.92 Å². The van der Waals surface area contributed by atoms with E-state index in [4.69, 9.17) is 4.98 Å².